The monoisotopic (exact) mass is 382 g/mol. The predicted molar refractivity (Wildman–Crippen MR) is 95.0 cm³/mol. The van der Waals surface area contributed by atoms with Gasteiger partial charge in [0.15, 0.2) is 15.0 Å². The van der Waals surface area contributed by atoms with Crippen molar-refractivity contribution in [3.63, 3.8) is 0 Å². The fraction of sp³-hybridized carbons (Fsp3) is 0.412. The van der Waals surface area contributed by atoms with E-state index in [2.05, 4.69) is 17.2 Å². The van der Waals surface area contributed by atoms with E-state index in [1.54, 1.807) is 0 Å². The molecule has 1 amide bonds. The Morgan fingerprint density at radius 3 is 2.80 bits per heavy atom. The highest BCUT2D eigenvalue weighted by atomic mass is 32.2. The minimum atomic E-state index is -3.62. The number of nitrogens with one attached hydrogen (secondary N) is 1. The van der Waals surface area contributed by atoms with Crippen LogP contribution in [0.1, 0.15) is 30.3 Å². The van der Waals surface area contributed by atoms with Crippen LogP contribution in [0.5, 0.6) is 0 Å². The van der Waals surface area contributed by atoms with Crippen molar-refractivity contribution in [1.29, 1.82) is 0 Å². The molecular weight excluding hydrogens is 363 g/mol. The first-order valence-corrected chi connectivity index (χ1v) is 10.6. The topological polar surface area (TPSA) is 76.1 Å². The van der Waals surface area contributed by atoms with Crippen LogP contribution in [-0.4, -0.2) is 25.1 Å². The van der Waals surface area contributed by atoms with E-state index in [-0.39, 0.29) is 23.0 Å². The molecule has 0 bridgehead atoms. The number of nitrogens with zero attached hydrogens (tertiary/aromatic N) is 1. The second kappa shape index (κ2) is 7.21. The van der Waals surface area contributed by atoms with Crippen molar-refractivity contribution in [1.82, 2.24) is 4.98 Å². The number of aromatic nitrogens is 1. The van der Waals surface area contributed by atoms with Crippen molar-refractivity contribution in [2.45, 2.75) is 37.5 Å². The normalized spacial score (nSPS) is 17.1. The fourth-order valence-electron chi connectivity index (χ4n) is 2.76. The SMILES string of the molecule is C[C@@H]1CCc2nc(NC(=O)CCS(=O)(=O)c3ccc(F)cc3)sc2C1. The van der Waals surface area contributed by atoms with E-state index in [0.717, 1.165) is 37.1 Å². The summed E-state index contributed by atoms with van der Waals surface area (Å²) in [5, 5.41) is 3.22. The van der Waals surface area contributed by atoms with Crippen LogP contribution < -0.4 is 5.32 Å². The third-order valence-corrected chi connectivity index (χ3v) is 6.97. The highest BCUT2D eigenvalue weighted by molar-refractivity contribution is 7.91. The third-order valence-electron chi connectivity index (χ3n) is 4.20. The van der Waals surface area contributed by atoms with Crippen molar-refractivity contribution < 1.29 is 17.6 Å². The molecule has 3 rings (SSSR count). The summed E-state index contributed by atoms with van der Waals surface area (Å²) in [4.78, 5) is 17.7. The molecule has 0 radical (unpaired) electrons. The largest absolute Gasteiger partial charge is 0.302 e. The molecule has 1 aliphatic rings. The van der Waals surface area contributed by atoms with Crippen molar-refractivity contribution in [2.24, 2.45) is 5.92 Å². The average molecular weight is 382 g/mol. The summed E-state index contributed by atoms with van der Waals surface area (Å²) in [5.41, 5.74) is 1.04. The van der Waals surface area contributed by atoms with Gasteiger partial charge >= 0.3 is 0 Å². The van der Waals surface area contributed by atoms with Gasteiger partial charge in [-0.25, -0.2) is 17.8 Å². The van der Waals surface area contributed by atoms with Crippen molar-refractivity contribution in [3.8, 4) is 0 Å². The molecule has 134 valence electrons. The Kier molecular flexibility index (Phi) is 5.19. The summed E-state index contributed by atoms with van der Waals surface area (Å²) < 4.78 is 37.2. The van der Waals surface area contributed by atoms with Gasteiger partial charge in [0.05, 0.1) is 16.3 Å². The Balaban J connectivity index is 1.59. The van der Waals surface area contributed by atoms with Gasteiger partial charge in [0.1, 0.15) is 5.82 Å². The van der Waals surface area contributed by atoms with Gasteiger partial charge in [-0.2, -0.15) is 0 Å². The molecule has 8 heteroatoms. The number of benzene rings is 1. The number of aryl methyl sites for hydroxylation is 1. The average Bonchev–Trinajstić information content (AvgIpc) is 2.94. The van der Waals surface area contributed by atoms with Crippen molar-refractivity contribution in [2.75, 3.05) is 11.1 Å². The maximum absolute atomic E-state index is 12.9. The Morgan fingerprint density at radius 2 is 2.08 bits per heavy atom. The predicted octanol–water partition coefficient (Wildman–Crippen LogP) is 3.21. The van der Waals surface area contributed by atoms with E-state index in [1.807, 2.05) is 0 Å². The van der Waals surface area contributed by atoms with Gasteiger partial charge in [0, 0.05) is 11.3 Å². The molecule has 0 unspecified atom stereocenters. The number of anilines is 1. The summed E-state index contributed by atoms with van der Waals surface area (Å²) in [7, 11) is -3.62. The molecule has 1 aromatic heterocycles. The number of hydrogen-bond acceptors (Lipinski definition) is 5. The number of fused-ring (bicyclic) bond motifs is 1. The summed E-state index contributed by atoms with van der Waals surface area (Å²) in [6.45, 7) is 2.20. The molecule has 0 fully saturated rings. The molecule has 2 aromatic rings. The Labute approximate surface area is 150 Å². The number of thiazole rings is 1. The lowest BCUT2D eigenvalue weighted by atomic mass is 9.93. The van der Waals surface area contributed by atoms with E-state index in [0.29, 0.717) is 11.0 Å². The number of carbonyl (C=O) groups is 1. The minimum absolute atomic E-state index is 0.0143. The number of halogens is 1. The molecule has 1 N–H and O–H groups in total. The summed E-state index contributed by atoms with van der Waals surface area (Å²) >= 11 is 1.46. The van der Waals surface area contributed by atoms with Crippen LogP contribution in [-0.2, 0) is 27.5 Å². The van der Waals surface area contributed by atoms with E-state index >= 15 is 0 Å². The molecule has 0 spiro atoms. The van der Waals surface area contributed by atoms with Crippen molar-refractivity contribution >= 4 is 32.2 Å². The van der Waals surface area contributed by atoms with Gasteiger partial charge in [0.25, 0.3) is 0 Å². The Morgan fingerprint density at radius 1 is 1.36 bits per heavy atom. The first kappa shape index (κ1) is 18.0. The van der Waals surface area contributed by atoms with Gasteiger partial charge in [-0.15, -0.1) is 11.3 Å². The summed E-state index contributed by atoms with van der Waals surface area (Å²) in [6, 6.07) is 4.60. The van der Waals surface area contributed by atoms with Crippen LogP contribution in [0.3, 0.4) is 0 Å². The van der Waals surface area contributed by atoms with E-state index in [9.17, 15) is 17.6 Å². The maximum Gasteiger partial charge on any atom is 0.227 e. The molecule has 1 heterocycles. The van der Waals surface area contributed by atoms with E-state index in [4.69, 9.17) is 0 Å². The zero-order valence-electron chi connectivity index (χ0n) is 13.8. The lowest BCUT2D eigenvalue weighted by Crippen LogP contribution is -2.17. The number of carbonyl (C=O) groups excluding carboxylic acids is 1. The highest BCUT2D eigenvalue weighted by Crippen LogP contribution is 2.32. The molecule has 0 saturated carbocycles. The Hall–Kier alpha value is -1.80. The van der Waals surface area contributed by atoms with E-state index in [1.165, 1.54) is 28.3 Å². The zero-order chi connectivity index (χ0) is 18.0. The van der Waals surface area contributed by atoms with Crippen molar-refractivity contribution in [3.05, 3.63) is 40.7 Å². The molecule has 0 aliphatic heterocycles. The van der Waals surface area contributed by atoms with Gasteiger partial charge in [-0.3, -0.25) is 4.79 Å². The van der Waals surface area contributed by atoms with Crippen LogP contribution in [0, 0.1) is 11.7 Å². The second-order valence-electron chi connectivity index (χ2n) is 6.31. The lowest BCUT2D eigenvalue weighted by Gasteiger charge is -2.15. The standard InChI is InChI=1S/C17H19FN2O3S2/c1-11-2-7-14-15(10-11)24-17(19-14)20-16(21)8-9-25(22,23)13-5-3-12(18)4-6-13/h3-6,11H,2,7-10H2,1H3,(H,19,20,21)/t11-/m1/s1. The van der Waals surface area contributed by atoms with Gasteiger partial charge in [-0.05, 0) is 49.4 Å². The van der Waals surface area contributed by atoms with Gasteiger partial charge < -0.3 is 5.32 Å². The molecule has 0 saturated heterocycles. The maximum atomic E-state index is 12.9. The van der Waals surface area contributed by atoms with Gasteiger partial charge in [0.2, 0.25) is 5.91 Å². The third kappa shape index (κ3) is 4.43. The number of sulfone groups is 1. The van der Waals surface area contributed by atoms with Crippen LogP contribution in [0.2, 0.25) is 0 Å². The summed E-state index contributed by atoms with van der Waals surface area (Å²) in [6.07, 6.45) is 2.82. The van der Waals surface area contributed by atoms with E-state index < -0.39 is 15.7 Å². The van der Waals surface area contributed by atoms with Gasteiger partial charge in [-0.1, -0.05) is 6.92 Å². The smallest absolute Gasteiger partial charge is 0.227 e. The number of amides is 1. The van der Waals surface area contributed by atoms with Crippen LogP contribution in [0.4, 0.5) is 9.52 Å². The molecule has 1 aliphatic carbocycles. The minimum Gasteiger partial charge on any atom is -0.302 e. The summed E-state index contributed by atoms with van der Waals surface area (Å²) in [5.74, 6) is -0.590. The highest BCUT2D eigenvalue weighted by Gasteiger charge is 2.21. The zero-order valence-corrected chi connectivity index (χ0v) is 15.4. The van der Waals surface area contributed by atoms with Crippen LogP contribution in [0.25, 0.3) is 0 Å². The molecule has 5 nitrogen and oxygen atoms in total. The fourth-order valence-corrected chi connectivity index (χ4v) is 5.19. The molecule has 25 heavy (non-hydrogen) atoms. The molecule has 1 atom stereocenters. The quantitative estimate of drug-likeness (QED) is 0.806. The van der Waals surface area contributed by atoms with Crippen LogP contribution in [0.15, 0.2) is 29.2 Å². The first-order valence-electron chi connectivity index (χ1n) is 8.10. The number of hydrogen-bond donors (Lipinski definition) is 1. The first-order chi connectivity index (χ1) is 11.8. The lowest BCUT2D eigenvalue weighted by molar-refractivity contribution is -0.115. The molecule has 1 aromatic carbocycles. The number of rotatable bonds is 5. The second-order valence-corrected chi connectivity index (χ2v) is 9.50. The Bertz CT molecular complexity index is 876. The van der Waals surface area contributed by atoms with Crippen LogP contribution >= 0.6 is 11.3 Å². The molecular formula is C17H19FN2O3S2.